The molecule has 1 aromatic heterocycles. The minimum Gasteiger partial charge on any atom is -0.393 e. The number of tetrazole rings is 1. The van der Waals surface area contributed by atoms with E-state index in [0.717, 1.165) is 25.8 Å². The summed E-state index contributed by atoms with van der Waals surface area (Å²) < 4.78 is 1.59. The maximum Gasteiger partial charge on any atom is 0.242 e. The Morgan fingerprint density at radius 3 is 2.93 bits per heavy atom. The van der Waals surface area contributed by atoms with Crippen LogP contribution in [0.2, 0.25) is 0 Å². The van der Waals surface area contributed by atoms with Crippen LogP contribution < -0.4 is 5.32 Å². The van der Waals surface area contributed by atoms with E-state index in [1.54, 1.807) is 11.7 Å². The SMILES string of the molecule is Cn1nnnc1NCC1CCCCC1O. The van der Waals surface area contributed by atoms with Crippen molar-refractivity contribution in [2.45, 2.75) is 31.8 Å². The molecule has 1 saturated carbocycles. The van der Waals surface area contributed by atoms with Crippen molar-refractivity contribution in [3.8, 4) is 0 Å². The summed E-state index contributed by atoms with van der Waals surface area (Å²) in [6.45, 7) is 0.745. The number of nitrogens with one attached hydrogen (secondary N) is 1. The van der Waals surface area contributed by atoms with E-state index >= 15 is 0 Å². The molecule has 2 atom stereocenters. The Morgan fingerprint density at radius 1 is 1.47 bits per heavy atom. The van der Waals surface area contributed by atoms with E-state index in [0.29, 0.717) is 11.9 Å². The van der Waals surface area contributed by atoms with Gasteiger partial charge in [-0.25, -0.2) is 4.68 Å². The molecule has 0 aromatic carbocycles. The van der Waals surface area contributed by atoms with Crippen molar-refractivity contribution in [1.29, 1.82) is 0 Å². The highest BCUT2D eigenvalue weighted by Gasteiger charge is 2.22. The summed E-state index contributed by atoms with van der Waals surface area (Å²) in [7, 11) is 1.79. The third-order valence-electron chi connectivity index (χ3n) is 3.01. The second-order valence-corrected chi connectivity index (χ2v) is 4.12. The molecule has 15 heavy (non-hydrogen) atoms. The van der Waals surface area contributed by atoms with Gasteiger partial charge in [0.1, 0.15) is 0 Å². The molecule has 1 aliphatic carbocycles. The van der Waals surface area contributed by atoms with Crippen LogP contribution in [0.5, 0.6) is 0 Å². The Kier molecular flexibility index (Phi) is 3.15. The van der Waals surface area contributed by atoms with Gasteiger partial charge in [-0.1, -0.05) is 17.9 Å². The summed E-state index contributed by atoms with van der Waals surface area (Å²) in [4.78, 5) is 0. The molecule has 1 aromatic rings. The minimum atomic E-state index is -0.174. The van der Waals surface area contributed by atoms with Gasteiger partial charge in [-0.2, -0.15) is 0 Å². The summed E-state index contributed by atoms with van der Waals surface area (Å²) in [5.74, 6) is 0.989. The first-order chi connectivity index (χ1) is 7.27. The van der Waals surface area contributed by atoms with Crippen LogP contribution in [0.25, 0.3) is 0 Å². The van der Waals surface area contributed by atoms with Gasteiger partial charge >= 0.3 is 0 Å². The van der Waals surface area contributed by atoms with Crippen molar-refractivity contribution in [2.24, 2.45) is 13.0 Å². The molecule has 1 aliphatic rings. The van der Waals surface area contributed by atoms with E-state index in [9.17, 15) is 5.11 Å². The van der Waals surface area contributed by atoms with E-state index in [2.05, 4.69) is 20.8 Å². The molecule has 0 amide bonds. The molecule has 6 nitrogen and oxygen atoms in total. The summed E-state index contributed by atoms with van der Waals surface area (Å²) in [6, 6.07) is 0. The topological polar surface area (TPSA) is 75.9 Å². The highest BCUT2D eigenvalue weighted by Crippen LogP contribution is 2.24. The Hall–Kier alpha value is -1.17. The minimum absolute atomic E-state index is 0.174. The van der Waals surface area contributed by atoms with Gasteiger partial charge in [0.05, 0.1) is 6.10 Å². The van der Waals surface area contributed by atoms with Gasteiger partial charge in [0.25, 0.3) is 0 Å². The van der Waals surface area contributed by atoms with Crippen molar-refractivity contribution in [2.75, 3.05) is 11.9 Å². The van der Waals surface area contributed by atoms with E-state index in [4.69, 9.17) is 0 Å². The smallest absolute Gasteiger partial charge is 0.242 e. The molecule has 6 heteroatoms. The molecule has 1 fully saturated rings. The highest BCUT2D eigenvalue weighted by atomic mass is 16.3. The molecule has 2 rings (SSSR count). The van der Waals surface area contributed by atoms with Crippen LogP contribution in [0.4, 0.5) is 5.95 Å². The third-order valence-corrected chi connectivity index (χ3v) is 3.01. The fourth-order valence-corrected chi connectivity index (χ4v) is 2.03. The molecule has 1 heterocycles. The van der Waals surface area contributed by atoms with Crippen molar-refractivity contribution in [3.05, 3.63) is 0 Å². The normalized spacial score (nSPS) is 26.5. The van der Waals surface area contributed by atoms with Crippen molar-refractivity contribution < 1.29 is 5.11 Å². The van der Waals surface area contributed by atoms with E-state index < -0.39 is 0 Å². The van der Waals surface area contributed by atoms with Gasteiger partial charge in [-0.3, -0.25) is 0 Å². The van der Waals surface area contributed by atoms with Gasteiger partial charge in [0.2, 0.25) is 5.95 Å². The molecule has 0 bridgehead atoms. The first-order valence-corrected chi connectivity index (χ1v) is 5.41. The standard InChI is InChI=1S/C9H17N5O/c1-14-9(11-12-13-14)10-6-7-4-2-3-5-8(7)15/h7-8,15H,2-6H2,1H3,(H,10,11,13). The summed E-state index contributed by atoms with van der Waals surface area (Å²) in [5.41, 5.74) is 0. The monoisotopic (exact) mass is 211 g/mol. The quantitative estimate of drug-likeness (QED) is 0.745. The Morgan fingerprint density at radius 2 is 2.27 bits per heavy atom. The largest absolute Gasteiger partial charge is 0.393 e. The van der Waals surface area contributed by atoms with Gasteiger partial charge in [0, 0.05) is 19.5 Å². The lowest BCUT2D eigenvalue weighted by atomic mass is 9.86. The predicted molar refractivity (Wildman–Crippen MR) is 55.3 cm³/mol. The maximum atomic E-state index is 9.77. The molecule has 0 aliphatic heterocycles. The van der Waals surface area contributed by atoms with Gasteiger partial charge in [0.15, 0.2) is 0 Å². The number of rotatable bonds is 3. The van der Waals surface area contributed by atoms with E-state index in [1.165, 1.54) is 6.42 Å². The number of aryl methyl sites for hydroxylation is 1. The number of aromatic nitrogens is 4. The average Bonchev–Trinajstić information content (AvgIpc) is 2.63. The lowest BCUT2D eigenvalue weighted by molar-refractivity contribution is 0.0762. The molecule has 84 valence electrons. The van der Waals surface area contributed by atoms with Crippen molar-refractivity contribution >= 4 is 5.95 Å². The molecular formula is C9H17N5O. The number of hydrogen-bond donors (Lipinski definition) is 2. The van der Waals surface area contributed by atoms with Crippen LogP contribution >= 0.6 is 0 Å². The molecule has 0 radical (unpaired) electrons. The molecule has 0 saturated heterocycles. The zero-order chi connectivity index (χ0) is 10.7. The average molecular weight is 211 g/mol. The van der Waals surface area contributed by atoms with Crippen molar-refractivity contribution in [1.82, 2.24) is 20.2 Å². The van der Waals surface area contributed by atoms with Crippen LogP contribution in [0.3, 0.4) is 0 Å². The van der Waals surface area contributed by atoms with Gasteiger partial charge in [-0.05, 0) is 23.3 Å². The second-order valence-electron chi connectivity index (χ2n) is 4.12. The van der Waals surface area contributed by atoms with Crippen LogP contribution in [0.1, 0.15) is 25.7 Å². The Labute approximate surface area is 88.7 Å². The Balaban J connectivity index is 1.84. The van der Waals surface area contributed by atoms with Crippen molar-refractivity contribution in [3.63, 3.8) is 0 Å². The Bertz CT molecular complexity index is 313. The fourth-order valence-electron chi connectivity index (χ4n) is 2.03. The molecule has 0 spiro atoms. The fraction of sp³-hybridized carbons (Fsp3) is 0.889. The van der Waals surface area contributed by atoms with Crippen LogP contribution in [-0.4, -0.2) is 38.0 Å². The highest BCUT2D eigenvalue weighted by molar-refractivity contribution is 5.20. The lowest BCUT2D eigenvalue weighted by Crippen LogP contribution is -2.30. The number of aliphatic hydroxyl groups is 1. The van der Waals surface area contributed by atoms with Gasteiger partial charge in [-0.15, -0.1) is 0 Å². The zero-order valence-corrected chi connectivity index (χ0v) is 8.93. The first kappa shape index (κ1) is 10.4. The van der Waals surface area contributed by atoms with E-state index in [-0.39, 0.29) is 6.10 Å². The number of anilines is 1. The first-order valence-electron chi connectivity index (χ1n) is 5.41. The van der Waals surface area contributed by atoms with Crippen LogP contribution in [0, 0.1) is 5.92 Å². The molecule has 2 unspecified atom stereocenters. The van der Waals surface area contributed by atoms with E-state index in [1.807, 2.05) is 0 Å². The number of aliphatic hydroxyl groups excluding tert-OH is 1. The summed E-state index contributed by atoms with van der Waals surface area (Å²) >= 11 is 0. The third kappa shape index (κ3) is 2.44. The molecule has 2 N–H and O–H groups in total. The molecular weight excluding hydrogens is 194 g/mol. The maximum absolute atomic E-state index is 9.77. The second kappa shape index (κ2) is 4.57. The summed E-state index contributed by atoms with van der Waals surface area (Å²) in [5, 5.41) is 24.0. The lowest BCUT2D eigenvalue weighted by Gasteiger charge is -2.27. The number of nitrogens with zero attached hydrogens (tertiary/aromatic N) is 4. The zero-order valence-electron chi connectivity index (χ0n) is 8.93. The number of hydrogen-bond acceptors (Lipinski definition) is 5. The van der Waals surface area contributed by atoms with Crippen LogP contribution in [0.15, 0.2) is 0 Å². The summed E-state index contributed by atoms with van der Waals surface area (Å²) in [6.07, 6.45) is 4.18. The van der Waals surface area contributed by atoms with Crippen LogP contribution in [-0.2, 0) is 7.05 Å². The van der Waals surface area contributed by atoms with Gasteiger partial charge < -0.3 is 10.4 Å². The predicted octanol–water partition coefficient (Wildman–Crippen LogP) is 0.173.